The van der Waals surface area contributed by atoms with Crippen molar-refractivity contribution in [1.82, 2.24) is 4.31 Å². The van der Waals surface area contributed by atoms with Gasteiger partial charge >= 0.3 is 5.97 Å². The van der Waals surface area contributed by atoms with E-state index in [1.165, 1.54) is 17.5 Å². The Bertz CT molecular complexity index is 919. The van der Waals surface area contributed by atoms with E-state index in [1.54, 1.807) is 19.1 Å². The highest BCUT2D eigenvalue weighted by Gasteiger charge is 2.39. The van der Waals surface area contributed by atoms with Crippen molar-refractivity contribution in [1.29, 1.82) is 0 Å². The van der Waals surface area contributed by atoms with Crippen LogP contribution in [0.2, 0.25) is 0 Å². The van der Waals surface area contributed by atoms with E-state index in [2.05, 4.69) is 0 Å². The van der Waals surface area contributed by atoms with Crippen molar-refractivity contribution < 1.29 is 17.9 Å². The second-order valence-corrected chi connectivity index (χ2v) is 8.33. The first kappa shape index (κ1) is 21.4. The fraction of sp³-hybridized carbons (Fsp3) is 0.316. The summed E-state index contributed by atoms with van der Waals surface area (Å²) in [6, 6.07) is 14.0. The molecule has 0 aliphatic carbocycles. The molecular formula is C19H23ClN2O4S. The van der Waals surface area contributed by atoms with Crippen molar-refractivity contribution in [3.05, 3.63) is 65.2 Å². The monoisotopic (exact) mass is 410 g/mol. The lowest BCUT2D eigenvalue weighted by Crippen LogP contribution is -2.32. The molecule has 0 unspecified atom stereocenters. The number of hydrogen-bond acceptors (Lipinski definition) is 5. The third-order valence-electron chi connectivity index (χ3n) is 4.87. The fourth-order valence-corrected chi connectivity index (χ4v) is 5.16. The van der Waals surface area contributed by atoms with E-state index >= 15 is 0 Å². The maximum atomic E-state index is 13.2. The molecular weight excluding hydrogens is 388 g/mol. The van der Waals surface area contributed by atoms with Gasteiger partial charge in [-0.05, 0) is 30.2 Å². The number of methoxy groups -OCH3 is 1. The number of rotatable bonds is 4. The quantitative estimate of drug-likeness (QED) is 0.781. The van der Waals surface area contributed by atoms with Crippen LogP contribution in [0, 0.1) is 6.92 Å². The Morgan fingerprint density at radius 3 is 2.41 bits per heavy atom. The van der Waals surface area contributed by atoms with Gasteiger partial charge in [0.1, 0.15) is 0 Å². The number of esters is 1. The Labute approximate surface area is 165 Å². The van der Waals surface area contributed by atoms with Gasteiger partial charge in [0.15, 0.2) is 0 Å². The molecule has 0 spiro atoms. The van der Waals surface area contributed by atoms with Gasteiger partial charge in [0.05, 0.1) is 17.6 Å². The van der Waals surface area contributed by atoms with Crippen LogP contribution in [-0.4, -0.2) is 44.9 Å². The first-order valence-electron chi connectivity index (χ1n) is 8.35. The van der Waals surface area contributed by atoms with Crippen molar-refractivity contribution >= 4 is 28.4 Å². The van der Waals surface area contributed by atoms with Crippen LogP contribution in [0.5, 0.6) is 0 Å². The Morgan fingerprint density at radius 2 is 1.78 bits per heavy atom. The zero-order chi connectivity index (χ0) is 18.9. The predicted molar refractivity (Wildman–Crippen MR) is 106 cm³/mol. The topological polar surface area (TPSA) is 89.7 Å². The first-order chi connectivity index (χ1) is 12.4. The van der Waals surface area contributed by atoms with Crippen molar-refractivity contribution in [2.75, 3.05) is 20.2 Å². The van der Waals surface area contributed by atoms with E-state index in [9.17, 15) is 13.2 Å². The number of carbonyl (C=O) groups is 1. The molecule has 2 N–H and O–H groups in total. The molecule has 6 nitrogen and oxygen atoms in total. The summed E-state index contributed by atoms with van der Waals surface area (Å²) in [5, 5.41) is 0. The zero-order valence-electron chi connectivity index (χ0n) is 15.2. The van der Waals surface area contributed by atoms with Crippen LogP contribution in [-0.2, 0) is 14.8 Å². The summed E-state index contributed by atoms with van der Waals surface area (Å²) in [7, 11) is -2.49. The number of nitrogens with zero attached hydrogens (tertiary/aromatic N) is 1. The summed E-state index contributed by atoms with van der Waals surface area (Å²) in [6.07, 6.45) is 0. The van der Waals surface area contributed by atoms with E-state index in [4.69, 9.17) is 10.5 Å². The third kappa shape index (κ3) is 4.01. The van der Waals surface area contributed by atoms with Gasteiger partial charge in [-0.2, -0.15) is 4.31 Å². The average molecular weight is 411 g/mol. The van der Waals surface area contributed by atoms with Gasteiger partial charge in [0, 0.05) is 25.0 Å². The summed E-state index contributed by atoms with van der Waals surface area (Å²) in [5.41, 5.74) is 7.89. The van der Waals surface area contributed by atoms with Gasteiger partial charge in [-0.25, -0.2) is 13.2 Å². The Kier molecular flexibility index (Phi) is 6.64. The number of sulfonamides is 1. The highest BCUT2D eigenvalue weighted by molar-refractivity contribution is 7.89. The van der Waals surface area contributed by atoms with E-state index < -0.39 is 16.0 Å². The fourth-order valence-electron chi connectivity index (χ4n) is 3.40. The molecule has 0 aromatic heterocycles. The Morgan fingerprint density at radius 1 is 1.11 bits per heavy atom. The zero-order valence-corrected chi connectivity index (χ0v) is 16.8. The molecule has 1 fully saturated rings. The molecule has 1 aliphatic rings. The SMILES string of the molecule is COC(=O)c1cccc(S(=O)(=O)N2C[C@@H](N)[C@H](c3ccccc3)C2)c1C.Cl. The standard InChI is InChI=1S/C19H22N2O4S.ClH/c1-13-15(19(22)25-2)9-6-10-18(13)26(23,24)21-11-16(17(20)12-21)14-7-4-3-5-8-14;/h3-10,16-17H,11-12,20H2,1-2H3;1H/t16-,17+;/m0./s1. The van der Waals surface area contributed by atoms with Crippen molar-refractivity contribution in [2.45, 2.75) is 23.8 Å². The maximum absolute atomic E-state index is 13.2. The Hall–Kier alpha value is -1.93. The van der Waals surface area contributed by atoms with Crippen LogP contribution in [0.15, 0.2) is 53.4 Å². The van der Waals surface area contributed by atoms with Gasteiger partial charge in [0.25, 0.3) is 0 Å². The van der Waals surface area contributed by atoms with Gasteiger partial charge in [-0.3, -0.25) is 0 Å². The molecule has 8 heteroatoms. The molecule has 0 radical (unpaired) electrons. The third-order valence-corrected chi connectivity index (χ3v) is 6.84. The molecule has 1 aliphatic heterocycles. The molecule has 1 saturated heterocycles. The number of nitrogens with two attached hydrogens (primary N) is 1. The van der Waals surface area contributed by atoms with E-state index in [0.717, 1.165) is 5.56 Å². The number of ether oxygens (including phenoxy) is 1. The van der Waals surface area contributed by atoms with Crippen LogP contribution in [0.4, 0.5) is 0 Å². The predicted octanol–water partition coefficient (Wildman–Crippen LogP) is 2.32. The number of hydrogen-bond donors (Lipinski definition) is 1. The second kappa shape index (κ2) is 8.39. The minimum Gasteiger partial charge on any atom is -0.465 e. The molecule has 146 valence electrons. The van der Waals surface area contributed by atoms with Gasteiger partial charge in [-0.1, -0.05) is 36.4 Å². The average Bonchev–Trinajstić information content (AvgIpc) is 3.04. The molecule has 0 amide bonds. The minimum atomic E-state index is -3.76. The molecule has 2 aromatic rings. The lowest BCUT2D eigenvalue weighted by atomic mass is 9.95. The lowest BCUT2D eigenvalue weighted by molar-refractivity contribution is 0.0599. The van der Waals surface area contributed by atoms with Gasteiger partial charge in [-0.15, -0.1) is 12.4 Å². The number of carbonyl (C=O) groups excluding carboxylic acids is 1. The van der Waals surface area contributed by atoms with Gasteiger partial charge in [0.2, 0.25) is 10.0 Å². The summed E-state index contributed by atoms with van der Waals surface area (Å²) < 4.78 is 32.5. The summed E-state index contributed by atoms with van der Waals surface area (Å²) >= 11 is 0. The van der Waals surface area contributed by atoms with Crippen molar-refractivity contribution in [3.8, 4) is 0 Å². The molecule has 1 heterocycles. The minimum absolute atomic E-state index is 0. The normalized spacial score (nSPS) is 20.1. The van der Waals surface area contributed by atoms with Crippen LogP contribution in [0.3, 0.4) is 0 Å². The van der Waals surface area contributed by atoms with Crippen molar-refractivity contribution in [2.24, 2.45) is 5.73 Å². The summed E-state index contributed by atoms with van der Waals surface area (Å²) in [6.45, 7) is 2.17. The smallest absolute Gasteiger partial charge is 0.338 e. The van der Waals surface area contributed by atoms with E-state index in [0.29, 0.717) is 12.1 Å². The number of benzene rings is 2. The van der Waals surface area contributed by atoms with E-state index in [1.807, 2.05) is 30.3 Å². The largest absolute Gasteiger partial charge is 0.465 e. The van der Waals surface area contributed by atoms with Crippen molar-refractivity contribution in [3.63, 3.8) is 0 Å². The van der Waals surface area contributed by atoms with Gasteiger partial charge < -0.3 is 10.5 Å². The Balaban J connectivity index is 0.00000261. The number of halogens is 1. The molecule has 2 atom stereocenters. The molecule has 2 aromatic carbocycles. The maximum Gasteiger partial charge on any atom is 0.338 e. The lowest BCUT2D eigenvalue weighted by Gasteiger charge is -2.19. The van der Waals surface area contributed by atoms with E-state index in [-0.39, 0.29) is 41.4 Å². The first-order valence-corrected chi connectivity index (χ1v) is 9.79. The molecule has 27 heavy (non-hydrogen) atoms. The summed E-state index contributed by atoms with van der Waals surface area (Å²) in [4.78, 5) is 12.0. The molecule has 0 bridgehead atoms. The van der Waals surface area contributed by atoms with Crippen LogP contribution >= 0.6 is 12.4 Å². The molecule has 3 rings (SSSR count). The summed E-state index contributed by atoms with van der Waals surface area (Å²) in [5.74, 6) is -0.616. The second-order valence-electron chi connectivity index (χ2n) is 6.42. The van der Waals surface area contributed by atoms with Crippen LogP contribution in [0.25, 0.3) is 0 Å². The highest BCUT2D eigenvalue weighted by Crippen LogP contribution is 2.32. The van der Waals surface area contributed by atoms with Crippen LogP contribution in [0.1, 0.15) is 27.4 Å². The molecule has 0 saturated carbocycles. The highest BCUT2D eigenvalue weighted by atomic mass is 35.5. The van der Waals surface area contributed by atoms with Crippen LogP contribution < -0.4 is 5.73 Å².